The molecule has 2 aromatic rings. The fourth-order valence-electron chi connectivity index (χ4n) is 2.22. The van der Waals surface area contributed by atoms with Gasteiger partial charge in [-0.3, -0.25) is 0 Å². The number of rotatable bonds is 1. The van der Waals surface area contributed by atoms with E-state index in [9.17, 15) is 10.4 Å². The summed E-state index contributed by atoms with van der Waals surface area (Å²) in [5.41, 5.74) is 7.04. The molecule has 1 aliphatic heterocycles. The lowest BCUT2D eigenvalue weighted by molar-refractivity contribution is 0.388. The number of nitrogens with two attached hydrogens (primary N) is 1. The van der Waals surface area contributed by atoms with Crippen molar-refractivity contribution in [3.8, 4) is 17.6 Å². The van der Waals surface area contributed by atoms with Gasteiger partial charge in [0.05, 0.1) is 9.70 Å². The van der Waals surface area contributed by atoms with Crippen molar-refractivity contribution in [1.82, 2.24) is 0 Å². The molecule has 6 heteroatoms. The van der Waals surface area contributed by atoms with Crippen LogP contribution in [0.25, 0.3) is 0 Å². The van der Waals surface area contributed by atoms with Crippen molar-refractivity contribution in [2.45, 2.75) is 5.92 Å². The lowest BCUT2D eigenvalue weighted by atomic mass is 9.88. The SMILES string of the molecule is N#CC1=C(N)Oc2cc(O)ccc2[C@H]1c1ccc(Br)s1. The molecular formula is C14H9BrN2O2S. The zero-order chi connectivity index (χ0) is 14.3. The van der Waals surface area contributed by atoms with Crippen molar-refractivity contribution >= 4 is 27.3 Å². The minimum Gasteiger partial charge on any atom is -0.508 e. The first-order valence-electron chi connectivity index (χ1n) is 5.76. The van der Waals surface area contributed by atoms with Gasteiger partial charge in [0.15, 0.2) is 0 Å². The molecule has 100 valence electrons. The second-order valence-electron chi connectivity index (χ2n) is 4.29. The molecule has 4 nitrogen and oxygen atoms in total. The Balaban J connectivity index is 2.22. The molecule has 0 saturated heterocycles. The maximum atomic E-state index is 9.55. The zero-order valence-corrected chi connectivity index (χ0v) is 12.5. The van der Waals surface area contributed by atoms with Gasteiger partial charge in [-0.05, 0) is 34.1 Å². The van der Waals surface area contributed by atoms with Crippen LogP contribution in [0, 0.1) is 11.3 Å². The second-order valence-corrected chi connectivity index (χ2v) is 6.78. The second kappa shape index (κ2) is 4.85. The average molecular weight is 349 g/mol. The maximum absolute atomic E-state index is 9.55. The molecule has 0 radical (unpaired) electrons. The van der Waals surface area contributed by atoms with Crippen molar-refractivity contribution in [3.05, 3.63) is 56.0 Å². The van der Waals surface area contributed by atoms with Gasteiger partial charge in [-0.15, -0.1) is 11.3 Å². The van der Waals surface area contributed by atoms with Gasteiger partial charge in [-0.1, -0.05) is 6.07 Å². The molecule has 0 amide bonds. The number of nitriles is 1. The van der Waals surface area contributed by atoms with Crippen molar-refractivity contribution < 1.29 is 9.84 Å². The van der Waals surface area contributed by atoms with E-state index in [-0.39, 0.29) is 17.6 Å². The van der Waals surface area contributed by atoms with Crippen LogP contribution in [0.15, 0.2) is 45.6 Å². The van der Waals surface area contributed by atoms with Crippen LogP contribution in [0.4, 0.5) is 0 Å². The van der Waals surface area contributed by atoms with E-state index in [0.29, 0.717) is 11.3 Å². The Labute approximate surface area is 127 Å². The smallest absolute Gasteiger partial charge is 0.205 e. The fraction of sp³-hybridized carbons (Fsp3) is 0.0714. The lowest BCUT2D eigenvalue weighted by Crippen LogP contribution is -2.20. The van der Waals surface area contributed by atoms with E-state index in [2.05, 4.69) is 22.0 Å². The minimum absolute atomic E-state index is 0.0834. The normalized spacial score (nSPS) is 17.3. The number of ether oxygens (including phenoxy) is 1. The third kappa shape index (κ3) is 2.05. The van der Waals surface area contributed by atoms with E-state index < -0.39 is 0 Å². The van der Waals surface area contributed by atoms with E-state index in [1.165, 1.54) is 6.07 Å². The predicted octanol–water partition coefficient (Wildman–Crippen LogP) is 3.43. The summed E-state index contributed by atoms with van der Waals surface area (Å²) in [5.74, 6) is 0.403. The van der Waals surface area contributed by atoms with Gasteiger partial charge in [0.1, 0.15) is 23.1 Å². The Bertz CT molecular complexity index is 761. The summed E-state index contributed by atoms with van der Waals surface area (Å²) < 4.78 is 6.42. The average Bonchev–Trinajstić information content (AvgIpc) is 2.83. The number of halogens is 1. The molecule has 1 aromatic heterocycles. The number of phenolic OH excluding ortho intramolecular Hbond substituents is 1. The Kier molecular flexibility index (Phi) is 3.16. The van der Waals surface area contributed by atoms with Gasteiger partial charge in [-0.2, -0.15) is 5.26 Å². The Hall–Kier alpha value is -1.97. The summed E-state index contributed by atoms with van der Waals surface area (Å²) in [7, 11) is 0. The Morgan fingerprint density at radius 1 is 1.35 bits per heavy atom. The summed E-state index contributed by atoms with van der Waals surface area (Å²) >= 11 is 4.97. The third-order valence-corrected chi connectivity index (χ3v) is 4.77. The van der Waals surface area contributed by atoms with Crippen LogP contribution in [-0.2, 0) is 0 Å². The summed E-state index contributed by atoms with van der Waals surface area (Å²) in [6.07, 6.45) is 0. The molecule has 0 unspecified atom stereocenters. The lowest BCUT2D eigenvalue weighted by Gasteiger charge is -2.25. The maximum Gasteiger partial charge on any atom is 0.205 e. The highest BCUT2D eigenvalue weighted by atomic mass is 79.9. The quantitative estimate of drug-likeness (QED) is 0.827. The molecule has 1 aromatic carbocycles. The first-order chi connectivity index (χ1) is 9.60. The number of aromatic hydroxyl groups is 1. The number of allylic oxidation sites excluding steroid dienone is 1. The molecule has 3 rings (SSSR count). The highest BCUT2D eigenvalue weighted by molar-refractivity contribution is 9.11. The van der Waals surface area contributed by atoms with Crippen LogP contribution in [0.2, 0.25) is 0 Å². The van der Waals surface area contributed by atoms with Crippen LogP contribution < -0.4 is 10.5 Å². The van der Waals surface area contributed by atoms with Crippen LogP contribution in [0.5, 0.6) is 11.5 Å². The van der Waals surface area contributed by atoms with Gasteiger partial charge < -0.3 is 15.6 Å². The number of phenols is 1. The highest BCUT2D eigenvalue weighted by Gasteiger charge is 2.31. The molecule has 0 spiro atoms. The molecule has 0 bridgehead atoms. The van der Waals surface area contributed by atoms with Crippen LogP contribution in [0.3, 0.4) is 0 Å². The summed E-state index contributed by atoms with van der Waals surface area (Å²) in [6.45, 7) is 0. The predicted molar refractivity (Wildman–Crippen MR) is 79.4 cm³/mol. The highest BCUT2D eigenvalue weighted by Crippen LogP contribution is 2.45. The molecular weight excluding hydrogens is 340 g/mol. The number of benzene rings is 1. The van der Waals surface area contributed by atoms with Gasteiger partial charge in [0.25, 0.3) is 0 Å². The zero-order valence-electron chi connectivity index (χ0n) is 10.1. The molecule has 20 heavy (non-hydrogen) atoms. The summed E-state index contributed by atoms with van der Waals surface area (Å²) in [6, 6.07) is 10.8. The number of thiophene rings is 1. The molecule has 2 heterocycles. The van der Waals surface area contributed by atoms with E-state index in [0.717, 1.165) is 14.2 Å². The van der Waals surface area contributed by atoms with E-state index in [4.69, 9.17) is 10.5 Å². The Morgan fingerprint density at radius 3 is 2.80 bits per heavy atom. The van der Waals surface area contributed by atoms with Crippen molar-refractivity contribution in [3.63, 3.8) is 0 Å². The molecule has 1 atom stereocenters. The molecule has 3 N–H and O–H groups in total. The summed E-state index contributed by atoms with van der Waals surface area (Å²) in [5, 5.41) is 18.9. The van der Waals surface area contributed by atoms with Gasteiger partial charge in [0, 0.05) is 16.5 Å². The minimum atomic E-state index is -0.263. The Morgan fingerprint density at radius 2 is 2.15 bits per heavy atom. The topological polar surface area (TPSA) is 79.3 Å². The monoisotopic (exact) mass is 348 g/mol. The van der Waals surface area contributed by atoms with Gasteiger partial charge >= 0.3 is 0 Å². The first kappa shape index (κ1) is 13.0. The van der Waals surface area contributed by atoms with Crippen molar-refractivity contribution in [1.29, 1.82) is 5.26 Å². The van der Waals surface area contributed by atoms with Crippen LogP contribution >= 0.6 is 27.3 Å². The fourth-order valence-corrected chi connectivity index (χ4v) is 3.77. The largest absolute Gasteiger partial charge is 0.508 e. The molecule has 0 saturated carbocycles. The number of hydrogen-bond donors (Lipinski definition) is 2. The van der Waals surface area contributed by atoms with Crippen molar-refractivity contribution in [2.75, 3.05) is 0 Å². The first-order valence-corrected chi connectivity index (χ1v) is 7.37. The van der Waals surface area contributed by atoms with Crippen molar-refractivity contribution in [2.24, 2.45) is 5.73 Å². The van der Waals surface area contributed by atoms with Gasteiger partial charge in [0.2, 0.25) is 5.88 Å². The summed E-state index contributed by atoms with van der Waals surface area (Å²) in [4.78, 5) is 0.992. The van der Waals surface area contributed by atoms with E-state index in [1.54, 1.807) is 23.5 Å². The standard InChI is InChI=1S/C14H9BrN2O2S/c15-12-4-3-11(20-12)13-8-2-1-7(18)5-10(8)19-14(17)9(13)6-16/h1-5,13,18H,17H2/t13-/m1/s1. The van der Waals surface area contributed by atoms with E-state index in [1.807, 2.05) is 12.1 Å². The van der Waals surface area contributed by atoms with Gasteiger partial charge in [-0.25, -0.2) is 0 Å². The molecule has 0 aliphatic carbocycles. The number of nitrogens with zero attached hydrogens (tertiary/aromatic N) is 1. The van der Waals surface area contributed by atoms with E-state index >= 15 is 0 Å². The number of fused-ring (bicyclic) bond motifs is 1. The number of hydrogen-bond acceptors (Lipinski definition) is 5. The molecule has 0 fully saturated rings. The van der Waals surface area contributed by atoms with Crippen LogP contribution in [-0.4, -0.2) is 5.11 Å². The third-order valence-electron chi connectivity index (χ3n) is 3.08. The molecule has 1 aliphatic rings. The van der Waals surface area contributed by atoms with Crippen LogP contribution in [0.1, 0.15) is 16.4 Å².